The molecule has 0 aromatic rings. The quantitative estimate of drug-likeness (QED) is 0.587. The van der Waals surface area contributed by atoms with Gasteiger partial charge in [0.25, 0.3) is 0 Å². The molecule has 0 saturated carbocycles. The van der Waals surface area contributed by atoms with Gasteiger partial charge < -0.3 is 5.32 Å². The lowest BCUT2D eigenvalue weighted by atomic mass is 9.77. The van der Waals surface area contributed by atoms with Crippen molar-refractivity contribution in [3.05, 3.63) is 11.6 Å². The fraction of sp³-hybridized carbons (Fsp3) is 0.692. The molecule has 3 nitrogen and oxygen atoms in total. The van der Waals surface area contributed by atoms with E-state index < -0.39 is 0 Å². The molecular weight excluding hydrogens is 230 g/mol. The third-order valence-electron chi connectivity index (χ3n) is 2.55. The van der Waals surface area contributed by atoms with Crippen LogP contribution in [0.25, 0.3) is 0 Å². The number of hydrogen-bond acceptors (Lipinski definition) is 2. The molecule has 96 valence electrons. The molecule has 4 heteroatoms. The summed E-state index contributed by atoms with van der Waals surface area (Å²) in [6.45, 7) is 10.8. The Balaban J connectivity index is 2.61. The summed E-state index contributed by atoms with van der Waals surface area (Å²) in [4.78, 5) is 0. The van der Waals surface area contributed by atoms with Crippen molar-refractivity contribution in [2.75, 3.05) is 0 Å². The van der Waals surface area contributed by atoms with Gasteiger partial charge in [-0.15, -0.1) is 0 Å². The van der Waals surface area contributed by atoms with Crippen LogP contribution < -0.4 is 10.7 Å². The summed E-state index contributed by atoms with van der Waals surface area (Å²) < 4.78 is 0. The molecule has 0 radical (unpaired) electrons. The Labute approximate surface area is 110 Å². The van der Waals surface area contributed by atoms with Crippen molar-refractivity contribution in [3.63, 3.8) is 0 Å². The third kappa shape index (κ3) is 5.31. The highest BCUT2D eigenvalue weighted by Gasteiger charge is 2.24. The van der Waals surface area contributed by atoms with E-state index in [9.17, 15) is 0 Å². The number of rotatable bonds is 2. The summed E-state index contributed by atoms with van der Waals surface area (Å²) >= 11 is 5.14. The molecule has 1 aliphatic rings. The molecular formula is C13H23N3S. The second-order valence-corrected chi connectivity index (χ2v) is 6.26. The molecule has 2 N–H and O–H groups in total. The highest BCUT2D eigenvalue weighted by molar-refractivity contribution is 7.80. The van der Waals surface area contributed by atoms with Crippen LogP contribution in [-0.2, 0) is 0 Å². The van der Waals surface area contributed by atoms with Gasteiger partial charge in [0.15, 0.2) is 5.11 Å². The van der Waals surface area contributed by atoms with E-state index in [0.29, 0.717) is 16.6 Å². The van der Waals surface area contributed by atoms with Gasteiger partial charge in [-0.2, -0.15) is 5.10 Å². The smallest absolute Gasteiger partial charge is 0.187 e. The highest BCUT2D eigenvalue weighted by atomic mass is 32.1. The van der Waals surface area contributed by atoms with Crippen molar-refractivity contribution in [2.45, 2.75) is 53.5 Å². The van der Waals surface area contributed by atoms with E-state index in [1.165, 1.54) is 5.57 Å². The minimum absolute atomic E-state index is 0.298. The van der Waals surface area contributed by atoms with Crippen LogP contribution in [-0.4, -0.2) is 16.9 Å². The maximum Gasteiger partial charge on any atom is 0.187 e. The van der Waals surface area contributed by atoms with Gasteiger partial charge >= 0.3 is 0 Å². The lowest BCUT2D eigenvalue weighted by molar-refractivity contribution is 0.373. The predicted molar refractivity (Wildman–Crippen MR) is 78.2 cm³/mol. The van der Waals surface area contributed by atoms with E-state index in [1.54, 1.807) is 0 Å². The van der Waals surface area contributed by atoms with Gasteiger partial charge in [-0.25, -0.2) is 0 Å². The first kappa shape index (κ1) is 14.2. The van der Waals surface area contributed by atoms with Gasteiger partial charge in [0.05, 0.1) is 5.71 Å². The van der Waals surface area contributed by atoms with Gasteiger partial charge in [-0.1, -0.05) is 19.4 Å². The topological polar surface area (TPSA) is 36.4 Å². The molecule has 1 aliphatic carbocycles. The molecule has 0 aromatic heterocycles. The number of hydrogen-bond donors (Lipinski definition) is 2. The second kappa shape index (κ2) is 5.63. The van der Waals surface area contributed by atoms with Gasteiger partial charge in [0, 0.05) is 6.04 Å². The molecule has 0 spiro atoms. The Hall–Kier alpha value is -0.900. The molecule has 0 aromatic carbocycles. The van der Waals surface area contributed by atoms with Crippen LogP contribution in [0.5, 0.6) is 0 Å². The first-order valence-electron chi connectivity index (χ1n) is 6.09. The van der Waals surface area contributed by atoms with E-state index >= 15 is 0 Å². The van der Waals surface area contributed by atoms with Crippen LogP contribution in [0.3, 0.4) is 0 Å². The molecule has 0 heterocycles. The maximum absolute atomic E-state index is 5.14. The van der Waals surface area contributed by atoms with E-state index in [2.05, 4.69) is 56.5 Å². The van der Waals surface area contributed by atoms with Crippen LogP contribution in [0.1, 0.15) is 47.5 Å². The summed E-state index contributed by atoms with van der Waals surface area (Å²) in [5, 5.41) is 8.06. The summed E-state index contributed by atoms with van der Waals surface area (Å²) in [7, 11) is 0. The van der Waals surface area contributed by atoms with Gasteiger partial charge in [-0.05, 0) is 57.3 Å². The van der Waals surface area contributed by atoms with E-state index in [0.717, 1.165) is 18.6 Å². The SMILES string of the molecule is CC1=C/C(=N\NC(=S)NC(C)C)CC(C)(C)C1. The molecule has 1 rings (SSSR count). The van der Waals surface area contributed by atoms with Gasteiger partial charge in [0.2, 0.25) is 0 Å². The first-order valence-corrected chi connectivity index (χ1v) is 6.49. The van der Waals surface area contributed by atoms with Crippen molar-refractivity contribution in [3.8, 4) is 0 Å². The Morgan fingerprint density at radius 1 is 1.41 bits per heavy atom. The highest BCUT2D eigenvalue weighted by Crippen LogP contribution is 2.33. The summed E-state index contributed by atoms with van der Waals surface area (Å²) in [6.07, 6.45) is 4.28. The molecule has 0 fully saturated rings. The Morgan fingerprint density at radius 2 is 2.06 bits per heavy atom. The molecule has 17 heavy (non-hydrogen) atoms. The predicted octanol–water partition coefficient (Wildman–Crippen LogP) is 2.98. The summed E-state index contributed by atoms with van der Waals surface area (Å²) in [5.41, 5.74) is 5.66. The Kier molecular flexibility index (Phi) is 4.69. The lowest BCUT2D eigenvalue weighted by Crippen LogP contribution is -2.37. The zero-order valence-corrected chi connectivity index (χ0v) is 12.2. The fourth-order valence-corrected chi connectivity index (χ4v) is 2.46. The summed E-state index contributed by atoms with van der Waals surface area (Å²) in [6, 6.07) is 0.329. The average molecular weight is 253 g/mol. The van der Waals surface area contributed by atoms with Crippen LogP contribution in [0.15, 0.2) is 16.8 Å². The lowest BCUT2D eigenvalue weighted by Gasteiger charge is -2.29. The van der Waals surface area contributed by atoms with Crippen molar-refractivity contribution in [2.24, 2.45) is 10.5 Å². The van der Waals surface area contributed by atoms with E-state index in [4.69, 9.17) is 12.2 Å². The van der Waals surface area contributed by atoms with Crippen molar-refractivity contribution in [1.29, 1.82) is 0 Å². The maximum atomic E-state index is 5.14. The number of thiocarbonyl (C=S) groups is 1. The van der Waals surface area contributed by atoms with Crippen molar-refractivity contribution in [1.82, 2.24) is 10.7 Å². The standard InChI is InChI=1S/C13H23N3S/c1-9(2)14-12(17)16-15-11-6-10(3)7-13(4,5)8-11/h6,9H,7-8H2,1-5H3,(H2,14,16,17)/b15-11+. The largest absolute Gasteiger partial charge is 0.359 e. The van der Waals surface area contributed by atoms with E-state index in [-0.39, 0.29) is 0 Å². The summed E-state index contributed by atoms with van der Waals surface area (Å²) in [5.74, 6) is 0. The Bertz CT molecular complexity index is 354. The fourth-order valence-electron chi connectivity index (χ4n) is 2.18. The van der Waals surface area contributed by atoms with Crippen molar-refractivity contribution < 1.29 is 0 Å². The molecule has 0 unspecified atom stereocenters. The number of hydrazone groups is 1. The normalized spacial score (nSPS) is 21.3. The zero-order chi connectivity index (χ0) is 13.1. The van der Waals surface area contributed by atoms with Gasteiger partial charge in [-0.3, -0.25) is 5.43 Å². The first-order chi connectivity index (χ1) is 7.78. The molecule has 0 saturated heterocycles. The molecule has 0 bridgehead atoms. The third-order valence-corrected chi connectivity index (χ3v) is 2.76. The van der Waals surface area contributed by atoms with Crippen LogP contribution >= 0.6 is 12.2 Å². The van der Waals surface area contributed by atoms with Crippen LogP contribution in [0.4, 0.5) is 0 Å². The van der Waals surface area contributed by atoms with E-state index in [1.807, 2.05) is 0 Å². The number of allylic oxidation sites excluding steroid dienone is 2. The van der Waals surface area contributed by atoms with Crippen LogP contribution in [0.2, 0.25) is 0 Å². The molecule has 0 atom stereocenters. The average Bonchev–Trinajstić information content (AvgIpc) is 2.10. The number of nitrogens with zero attached hydrogens (tertiary/aromatic N) is 1. The number of nitrogens with one attached hydrogen (secondary N) is 2. The molecule has 0 aliphatic heterocycles. The minimum atomic E-state index is 0.298. The second-order valence-electron chi connectivity index (χ2n) is 5.85. The minimum Gasteiger partial charge on any atom is -0.359 e. The molecule has 0 amide bonds. The zero-order valence-electron chi connectivity index (χ0n) is 11.4. The Morgan fingerprint density at radius 3 is 2.59 bits per heavy atom. The monoisotopic (exact) mass is 253 g/mol. The van der Waals surface area contributed by atoms with Gasteiger partial charge in [0.1, 0.15) is 0 Å². The van der Waals surface area contributed by atoms with Crippen LogP contribution in [0, 0.1) is 5.41 Å². The van der Waals surface area contributed by atoms with Crippen molar-refractivity contribution >= 4 is 23.0 Å².